The molecule has 0 aliphatic heterocycles. The van der Waals surface area contributed by atoms with Gasteiger partial charge >= 0.3 is 11.9 Å². The van der Waals surface area contributed by atoms with Crippen LogP contribution in [0.4, 0.5) is 0 Å². The van der Waals surface area contributed by atoms with Gasteiger partial charge in [-0.15, -0.1) is 0 Å². The highest BCUT2D eigenvalue weighted by Crippen LogP contribution is 2.77. The van der Waals surface area contributed by atoms with E-state index in [1.807, 2.05) is 32.8 Å². The van der Waals surface area contributed by atoms with Gasteiger partial charge in [-0.25, -0.2) is 9.97 Å². The molecule has 11 atom stereocenters. The molecule has 0 bridgehead atoms. The van der Waals surface area contributed by atoms with Crippen molar-refractivity contribution in [3.8, 4) is 0 Å². The van der Waals surface area contributed by atoms with Crippen LogP contribution in [-0.4, -0.2) is 99.5 Å². The van der Waals surface area contributed by atoms with Crippen LogP contribution in [0.25, 0.3) is 0 Å². The number of carbonyl (C=O) groups excluding carboxylic acids is 3. The van der Waals surface area contributed by atoms with Crippen molar-refractivity contribution in [1.82, 2.24) is 19.8 Å². The number of aliphatic carboxylic acids is 1. The van der Waals surface area contributed by atoms with Crippen molar-refractivity contribution < 1.29 is 34.1 Å². The Morgan fingerprint density at radius 3 is 2.20 bits per heavy atom. The van der Waals surface area contributed by atoms with Gasteiger partial charge < -0.3 is 24.7 Å². The van der Waals surface area contributed by atoms with Crippen molar-refractivity contribution in [3.63, 3.8) is 0 Å². The molecular formula is C48H72N4O7. The lowest BCUT2D eigenvalue weighted by molar-refractivity contribution is -0.238. The van der Waals surface area contributed by atoms with E-state index in [2.05, 4.69) is 58.4 Å². The van der Waals surface area contributed by atoms with Crippen LogP contribution in [0.3, 0.4) is 0 Å². The second kappa shape index (κ2) is 15.0. The Morgan fingerprint density at radius 1 is 0.881 bits per heavy atom. The van der Waals surface area contributed by atoms with Gasteiger partial charge in [0.25, 0.3) is 5.91 Å². The molecule has 326 valence electrons. The number of aromatic nitrogens is 2. The number of hydrogen-bond acceptors (Lipinski definition) is 9. The number of carboxylic acids is 1. The quantitative estimate of drug-likeness (QED) is 0.215. The van der Waals surface area contributed by atoms with Crippen LogP contribution in [0, 0.1) is 68.0 Å². The van der Waals surface area contributed by atoms with Crippen molar-refractivity contribution >= 4 is 23.6 Å². The minimum absolute atomic E-state index is 0.0128. The maximum absolute atomic E-state index is 14.3. The Balaban J connectivity index is 1.16. The summed E-state index contributed by atoms with van der Waals surface area (Å²) in [6, 6.07) is 1.62. The summed E-state index contributed by atoms with van der Waals surface area (Å²) in [6.07, 6.45) is 9.86. The van der Waals surface area contributed by atoms with Gasteiger partial charge in [-0.3, -0.25) is 19.2 Å². The number of allylic oxidation sites excluding steroid dienone is 1. The fourth-order valence-electron chi connectivity index (χ4n) is 14.8. The van der Waals surface area contributed by atoms with E-state index in [0.29, 0.717) is 43.5 Å². The zero-order chi connectivity index (χ0) is 43.2. The monoisotopic (exact) mass is 817 g/mol. The van der Waals surface area contributed by atoms with Crippen LogP contribution in [0.2, 0.25) is 0 Å². The summed E-state index contributed by atoms with van der Waals surface area (Å²) in [7, 11) is 3.94. The predicted molar refractivity (Wildman–Crippen MR) is 225 cm³/mol. The highest BCUT2D eigenvalue weighted by Gasteiger charge is 2.71. The normalized spacial score (nSPS) is 38.7. The third-order valence-corrected chi connectivity index (χ3v) is 18.5. The third kappa shape index (κ3) is 6.64. The topological polar surface area (TPSA) is 150 Å². The fraction of sp³-hybridized carbons (Fsp3) is 0.792. The van der Waals surface area contributed by atoms with E-state index < -0.39 is 34.7 Å². The summed E-state index contributed by atoms with van der Waals surface area (Å²) in [5.74, 6) is -1.13. The zero-order valence-corrected chi connectivity index (χ0v) is 37.8. The first kappa shape index (κ1) is 43.9. The maximum Gasteiger partial charge on any atom is 0.309 e. The van der Waals surface area contributed by atoms with Gasteiger partial charge in [0.1, 0.15) is 18.1 Å². The van der Waals surface area contributed by atoms with Crippen LogP contribution in [0.5, 0.6) is 0 Å². The van der Waals surface area contributed by atoms with Crippen molar-refractivity contribution in [1.29, 1.82) is 0 Å². The standard InChI is InChI=1S/C48H72N4O7/c1-28(2)38-33(53)25-48(36(54)26-52(23-22-51(10)11)40(55)32-16-21-49-27-50-32)20-19-46(8)29(39(38)48)12-13-35-45(7)17-15-37(44(5,6)34(45)14-18-47(35,46)9)59-42(58)31-24-30(41(56)57)43(31,3)4/h16,21,27-31,34-37,54H,12-15,17-20,22-26H2,1-11H3,(H,56,57)/t29?,30-,31+,34-,35+,36-,37-,45-,46+,47+,48-/m0/s1. The molecule has 1 aromatic heterocycles. The molecule has 11 nitrogen and oxygen atoms in total. The summed E-state index contributed by atoms with van der Waals surface area (Å²) in [5, 5.41) is 22.3. The number of hydrogen-bond donors (Lipinski definition) is 2. The summed E-state index contributed by atoms with van der Waals surface area (Å²) in [4.78, 5) is 65.7. The van der Waals surface area contributed by atoms with Crippen molar-refractivity contribution in [2.75, 3.05) is 33.7 Å². The second-order valence-corrected chi connectivity index (χ2v) is 22.3. The smallest absolute Gasteiger partial charge is 0.309 e. The molecule has 1 unspecified atom stereocenters. The lowest BCUT2D eigenvalue weighted by Gasteiger charge is -2.72. The lowest BCUT2D eigenvalue weighted by Crippen LogP contribution is -2.66. The molecule has 1 amide bonds. The van der Waals surface area contributed by atoms with Crippen LogP contribution < -0.4 is 0 Å². The lowest BCUT2D eigenvalue weighted by atomic mass is 9.33. The third-order valence-electron chi connectivity index (χ3n) is 18.5. The van der Waals surface area contributed by atoms with E-state index in [9.17, 15) is 29.4 Å². The Hall–Kier alpha value is -3.18. The largest absolute Gasteiger partial charge is 0.481 e. The average Bonchev–Trinajstić information content (AvgIpc) is 3.47. The van der Waals surface area contributed by atoms with E-state index in [-0.39, 0.29) is 70.2 Å². The SMILES string of the molecule is CC(C)C1=C2C3CC[C@@H]4[C@@]5(C)CC[C@H](OC(=O)[C@H]6C[C@@H](C(=O)O)C6(C)C)C(C)(C)[C@@H]5CC[C@@]4(C)[C@]3(C)CC[C@@]2([C@@H](O)CN(CCN(C)C)C(=O)c2ccncn2)CC1=O. The molecule has 5 fully saturated rings. The van der Waals surface area contributed by atoms with Gasteiger partial charge in [0, 0.05) is 43.1 Å². The molecule has 1 aromatic rings. The molecule has 0 aromatic carbocycles. The molecule has 0 spiro atoms. The average molecular weight is 817 g/mol. The van der Waals surface area contributed by atoms with E-state index in [0.717, 1.165) is 50.5 Å². The van der Waals surface area contributed by atoms with E-state index in [4.69, 9.17) is 4.74 Å². The van der Waals surface area contributed by atoms with Crippen LogP contribution in [-0.2, 0) is 19.1 Å². The molecule has 0 saturated heterocycles. The number of nitrogens with zero attached hydrogens (tertiary/aromatic N) is 4. The molecule has 6 aliphatic rings. The number of carbonyl (C=O) groups is 4. The summed E-state index contributed by atoms with van der Waals surface area (Å²) >= 11 is 0. The molecule has 59 heavy (non-hydrogen) atoms. The molecule has 6 aliphatic carbocycles. The number of carboxylic acid groups (broad SMARTS) is 1. The number of likely N-dealkylation sites (N-methyl/N-ethyl adjacent to an activating group) is 1. The first-order valence-corrected chi connectivity index (χ1v) is 22.6. The van der Waals surface area contributed by atoms with Crippen molar-refractivity contribution in [2.45, 2.75) is 139 Å². The highest BCUT2D eigenvalue weighted by atomic mass is 16.5. The minimum atomic E-state index is -0.909. The Bertz CT molecular complexity index is 1880. The maximum atomic E-state index is 14.3. The van der Waals surface area contributed by atoms with E-state index >= 15 is 0 Å². The van der Waals surface area contributed by atoms with Gasteiger partial charge in [0.2, 0.25) is 0 Å². The fourth-order valence-corrected chi connectivity index (χ4v) is 14.8. The number of Topliss-reactive ketones (excluding diaryl/α,β-unsaturated/α-hetero) is 1. The summed E-state index contributed by atoms with van der Waals surface area (Å²) < 4.78 is 6.43. The molecule has 5 saturated carbocycles. The number of aliphatic hydroxyl groups is 1. The van der Waals surface area contributed by atoms with Gasteiger partial charge in [-0.05, 0) is 129 Å². The predicted octanol–water partition coefficient (Wildman–Crippen LogP) is 7.48. The van der Waals surface area contributed by atoms with Crippen LogP contribution >= 0.6 is 0 Å². The van der Waals surface area contributed by atoms with Crippen molar-refractivity contribution in [2.24, 2.45) is 68.0 Å². The molecule has 11 heteroatoms. The number of amides is 1. The van der Waals surface area contributed by atoms with Crippen LogP contribution in [0.1, 0.15) is 137 Å². The van der Waals surface area contributed by atoms with Gasteiger partial charge in [0.15, 0.2) is 5.78 Å². The van der Waals surface area contributed by atoms with Crippen LogP contribution in [0.15, 0.2) is 29.7 Å². The van der Waals surface area contributed by atoms with E-state index in [1.54, 1.807) is 17.2 Å². The second-order valence-electron chi connectivity index (χ2n) is 22.3. The van der Waals surface area contributed by atoms with Gasteiger partial charge in [0.05, 0.1) is 17.9 Å². The number of esters is 1. The molecule has 2 N–H and O–H groups in total. The van der Waals surface area contributed by atoms with Gasteiger partial charge in [-0.1, -0.05) is 67.9 Å². The van der Waals surface area contributed by atoms with Gasteiger partial charge in [-0.2, -0.15) is 0 Å². The highest BCUT2D eigenvalue weighted by molar-refractivity contribution is 6.01. The van der Waals surface area contributed by atoms with E-state index in [1.165, 1.54) is 11.9 Å². The number of ether oxygens (including phenoxy) is 1. The minimum Gasteiger partial charge on any atom is -0.481 e. The molecule has 7 rings (SSSR count). The summed E-state index contributed by atoms with van der Waals surface area (Å²) in [6.45, 7) is 21.3. The molecule has 1 heterocycles. The number of aliphatic hydroxyl groups excluding tert-OH is 1. The molecular weight excluding hydrogens is 745 g/mol. The Kier molecular flexibility index (Phi) is 11.2. The first-order chi connectivity index (χ1) is 27.5. The Morgan fingerprint density at radius 2 is 1.59 bits per heavy atom. The number of fused-ring (bicyclic) bond motifs is 7. The molecule has 0 radical (unpaired) electrons. The zero-order valence-electron chi connectivity index (χ0n) is 37.8. The summed E-state index contributed by atoms with van der Waals surface area (Å²) in [5.41, 5.74) is 0.713. The number of ketones is 1. The van der Waals surface area contributed by atoms with Crippen molar-refractivity contribution in [3.05, 3.63) is 35.4 Å². The number of rotatable bonds is 11. The Labute approximate surface area is 352 Å². The first-order valence-electron chi connectivity index (χ1n) is 22.6.